The highest BCUT2D eigenvalue weighted by Crippen LogP contribution is 2.45. The van der Waals surface area contributed by atoms with Crippen molar-refractivity contribution in [3.63, 3.8) is 0 Å². The van der Waals surface area contributed by atoms with Crippen molar-refractivity contribution in [1.29, 1.82) is 0 Å². The van der Waals surface area contributed by atoms with Crippen molar-refractivity contribution in [2.45, 2.75) is 69.8 Å². The summed E-state index contributed by atoms with van der Waals surface area (Å²) in [7, 11) is 0. The first-order valence-corrected chi connectivity index (χ1v) is 12.8. The number of aliphatic carboxylic acids is 1. The molecule has 2 amide bonds. The number of benzene rings is 2. The number of hydrogen-bond donors (Lipinski definition) is 2. The Morgan fingerprint density at radius 2 is 1.68 bits per heavy atom. The Bertz CT molecular complexity index is 1220. The van der Waals surface area contributed by atoms with Crippen LogP contribution in [-0.4, -0.2) is 45.7 Å². The predicted molar refractivity (Wildman–Crippen MR) is 135 cm³/mol. The van der Waals surface area contributed by atoms with Crippen LogP contribution in [0.25, 0.3) is 0 Å². The molecule has 2 aromatic rings. The lowest BCUT2D eigenvalue weighted by atomic mass is 9.86. The molecule has 7 nitrogen and oxygen atoms in total. The van der Waals surface area contributed by atoms with Crippen molar-refractivity contribution >= 4 is 23.5 Å². The minimum atomic E-state index is -4.47. The number of halogens is 3. The van der Waals surface area contributed by atoms with E-state index in [1.807, 2.05) is 6.92 Å². The molecule has 0 aromatic heterocycles. The Morgan fingerprint density at radius 3 is 2.24 bits per heavy atom. The van der Waals surface area contributed by atoms with Gasteiger partial charge in [0.15, 0.2) is 0 Å². The Morgan fingerprint density at radius 1 is 1.05 bits per heavy atom. The number of aliphatic imine (C=N–C) groups is 1. The van der Waals surface area contributed by atoms with Crippen LogP contribution >= 0.6 is 0 Å². The molecule has 1 spiro atoms. The van der Waals surface area contributed by atoms with E-state index in [4.69, 9.17) is 10.1 Å². The van der Waals surface area contributed by atoms with Crippen molar-refractivity contribution in [2.24, 2.45) is 4.99 Å². The lowest BCUT2D eigenvalue weighted by Crippen LogP contribution is -2.49. The van der Waals surface area contributed by atoms with Gasteiger partial charge in [-0.3, -0.25) is 19.4 Å². The standard InChI is InChI=1S/C28H30F3N3O4/c1-2-22(18-6-8-20(9-7-18)25(37)32-17-14-23(35)36)34-26(38)24(33-27(34)15-4-3-5-16-27)19-10-12-21(13-11-19)28(29,30)31/h6-13,22H,2-5,14-17H2,1H3,(H,32,37)(H,35,36)/t22-/m1/s1. The molecular weight excluding hydrogens is 499 g/mol. The number of carbonyl (C=O) groups excluding carboxylic acids is 2. The third kappa shape index (κ3) is 5.58. The topological polar surface area (TPSA) is 99.1 Å². The fourth-order valence-corrected chi connectivity index (χ4v) is 5.33. The molecule has 202 valence electrons. The van der Waals surface area contributed by atoms with E-state index >= 15 is 0 Å². The van der Waals surface area contributed by atoms with Gasteiger partial charge in [0.2, 0.25) is 0 Å². The molecule has 2 aliphatic rings. The number of hydrogen-bond acceptors (Lipinski definition) is 4. The summed E-state index contributed by atoms with van der Waals surface area (Å²) in [5.41, 5.74) is 0.177. The van der Waals surface area contributed by atoms with Crippen LogP contribution in [0.1, 0.15) is 85.0 Å². The summed E-state index contributed by atoms with van der Waals surface area (Å²) < 4.78 is 39.2. The number of carboxylic acid groups (broad SMARTS) is 1. The van der Waals surface area contributed by atoms with Gasteiger partial charge >= 0.3 is 12.1 Å². The van der Waals surface area contributed by atoms with E-state index in [0.29, 0.717) is 30.4 Å². The van der Waals surface area contributed by atoms with Gasteiger partial charge < -0.3 is 15.3 Å². The largest absolute Gasteiger partial charge is 0.481 e. The average molecular weight is 530 g/mol. The molecule has 38 heavy (non-hydrogen) atoms. The molecular formula is C28H30F3N3O4. The maximum atomic E-state index is 13.8. The van der Waals surface area contributed by atoms with Crippen LogP contribution < -0.4 is 5.32 Å². The number of carbonyl (C=O) groups is 3. The maximum Gasteiger partial charge on any atom is 0.416 e. The zero-order valence-corrected chi connectivity index (χ0v) is 21.1. The van der Waals surface area contributed by atoms with E-state index in [-0.39, 0.29) is 36.5 Å². The van der Waals surface area contributed by atoms with Crippen LogP contribution in [0.2, 0.25) is 0 Å². The summed E-state index contributed by atoms with van der Waals surface area (Å²) in [5, 5.41) is 11.3. The molecule has 1 aliphatic heterocycles. The smallest absolute Gasteiger partial charge is 0.416 e. The molecule has 0 bridgehead atoms. The fraction of sp³-hybridized carbons (Fsp3) is 0.429. The van der Waals surface area contributed by atoms with E-state index < -0.39 is 23.4 Å². The van der Waals surface area contributed by atoms with E-state index in [1.165, 1.54) is 12.1 Å². The van der Waals surface area contributed by atoms with Gasteiger partial charge in [0, 0.05) is 17.7 Å². The second-order valence-corrected chi connectivity index (χ2v) is 9.70. The molecule has 2 N–H and O–H groups in total. The van der Waals surface area contributed by atoms with Crippen molar-refractivity contribution < 1.29 is 32.7 Å². The maximum absolute atomic E-state index is 13.8. The first kappa shape index (κ1) is 27.3. The summed E-state index contributed by atoms with van der Waals surface area (Å²) in [6.07, 6.45) is 0.0715. The highest BCUT2D eigenvalue weighted by atomic mass is 19.4. The second kappa shape index (κ2) is 11.0. The van der Waals surface area contributed by atoms with Gasteiger partial charge in [0.25, 0.3) is 11.8 Å². The van der Waals surface area contributed by atoms with Crippen LogP contribution in [0, 0.1) is 0 Å². The van der Waals surface area contributed by atoms with Gasteiger partial charge in [0.05, 0.1) is 18.0 Å². The quantitative estimate of drug-likeness (QED) is 0.481. The SMILES string of the molecule is CC[C@H](c1ccc(C(=O)NCCC(=O)O)cc1)N1C(=O)C(c2ccc(C(F)(F)F)cc2)=NC12CCCCC2. The summed E-state index contributed by atoms with van der Waals surface area (Å²) in [4.78, 5) is 43.6. The molecule has 1 aliphatic carbocycles. The van der Waals surface area contributed by atoms with Gasteiger partial charge in [-0.05, 0) is 61.9 Å². The lowest BCUT2D eigenvalue weighted by molar-refractivity contribution is -0.138. The zero-order chi connectivity index (χ0) is 27.5. The molecule has 10 heteroatoms. The third-order valence-corrected chi connectivity index (χ3v) is 7.21. The van der Waals surface area contributed by atoms with Gasteiger partial charge in [-0.25, -0.2) is 0 Å². The third-order valence-electron chi connectivity index (χ3n) is 7.21. The van der Waals surface area contributed by atoms with Gasteiger partial charge in [-0.2, -0.15) is 13.2 Å². The summed E-state index contributed by atoms with van der Waals surface area (Å²) in [5.74, 6) is -1.70. The Hall–Kier alpha value is -3.69. The number of amides is 2. The molecule has 0 saturated heterocycles. The first-order chi connectivity index (χ1) is 18.1. The summed E-state index contributed by atoms with van der Waals surface area (Å²) >= 11 is 0. The minimum Gasteiger partial charge on any atom is -0.481 e. The fourth-order valence-electron chi connectivity index (χ4n) is 5.33. The van der Waals surface area contributed by atoms with E-state index in [1.54, 1.807) is 29.2 Å². The van der Waals surface area contributed by atoms with E-state index in [9.17, 15) is 27.6 Å². The normalized spacial score (nSPS) is 17.8. The molecule has 0 radical (unpaired) electrons. The van der Waals surface area contributed by atoms with Crippen LogP contribution in [-0.2, 0) is 15.8 Å². The molecule has 1 heterocycles. The van der Waals surface area contributed by atoms with Crippen molar-refractivity contribution in [3.8, 4) is 0 Å². The molecule has 4 rings (SSSR count). The Kier molecular flexibility index (Phi) is 7.89. The number of carboxylic acids is 1. The highest BCUT2D eigenvalue weighted by molar-refractivity contribution is 6.46. The molecule has 1 fully saturated rings. The van der Waals surface area contributed by atoms with Crippen LogP contribution in [0.3, 0.4) is 0 Å². The van der Waals surface area contributed by atoms with Crippen molar-refractivity contribution in [2.75, 3.05) is 6.54 Å². The molecule has 1 atom stereocenters. The van der Waals surface area contributed by atoms with Gasteiger partial charge in [-0.15, -0.1) is 0 Å². The first-order valence-electron chi connectivity index (χ1n) is 12.8. The van der Waals surface area contributed by atoms with E-state index in [2.05, 4.69) is 5.32 Å². The van der Waals surface area contributed by atoms with Gasteiger partial charge in [-0.1, -0.05) is 37.6 Å². The summed E-state index contributed by atoms with van der Waals surface area (Å²) in [6.45, 7) is 1.97. The summed E-state index contributed by atoms with van der Waals surface area (Å²) in [6, 6.07) is 11.0. The zero-order valence-electron chi connectivity index (χ0n) is 21.1. The Labute approximate surface area is 218 Å². The number of rotatable bonds is 8. The molecule has 1 saturated carbocycles. The predicted octanol–water partition coefficient (Wildman–Crippen LogP) is 5.35. The lowest BCUT2D eigenvalue weighted by Gasteiger charge is -2.43. The second-order valence-electron chi connectivity index (χ2n) is 9.70. The van der Waals surface area contributed by atoms with Crippen LogP contribution in [0.5, 0.6) is 0 Å². The van der Waals surface area contributed by atoms with Crippen LogP contribution in [0.15, 0.2) is 53.5 Å². The monoisotopic (exact) mass is 529 g/mol. The molecule has 0 unspecified atom stereocenters. The minimum absolute atomic E-state index is 0.0162. The highest BCUT2D eigenvalue weighted by Gasteiger charge is 2.50. The Balaban J connectivity index is 1.61. The number of nitrogens with one attached hydrogen (secondary N) is 1. The van der Waals surface area contributed by atoms with Crippen molar-refractivity contribution in [3.05, 3.63) is 70.8 Å². The molecule has 2 aromatic carbocycles. The van der Waals surface area contributed by atoms with Gasteiger partial charge in [0.1, 0.15) is 11.4 Å². The number of nitrogens with zero attached hydrogens (tertiary/aromatic N) is 2. The average Bonchev–Trinajstić information content (AvgIpc) is 3.16. The van der Waals surface area contributed by atoms with Crippen LogP contribution in [0.4, 0.5) is 13.2 Å². The van der Waals surface area contributed by atoms with E-state index in [0.717, 1.165) is 37.0 Å². The number of alkyl halides is 3. The van der Waals surface area contributed by atoms with Crippen molar-refractivity contribution in [1.82, 2.24) is 10.2 Å².